The molecule has 4 nitrogen and oxygen atoms in total. The lowest BCUT2D eigenvalue weighted by Gasteiger charge is -2.29. The fraction of sp³-hybridized carbons (Fsp3) is 0.900. The summed E-state index contributed by atoms with van der Waals surface area (Å²) in [6.07, 6.45) is 1.06. The number of hydrogen-bond acceptors (Lipinski definition) is 3. The largest absolute Gasteiger partial charge is 0.395 e. The number of rotatable bonds is 3. The molecule has 1 fully saturated rings. The van der Waals surface area contributed by atoms with Crippen LogP contribution in [0.3, 0.4) is 0 Å². The van der Waals surface area contributed by atoms with Crippen LogP contribution in [0, 0.1) is 5.92 Å². The molecule has 0 aromatic carbocycles. The van der Waals surface area contributed by atoms with E-state index in [4.69, 9.17) is 0 Å². The Bertz CT molecular complexity index is 208. The van der Waals surface area contributed by atoms with E-state index >= 15 is 0 Å². The van der Waals surface area contributed by atoms with Gasteiger partial charge in [-0.25, -0.2) is 0 Å². The first-order chi connectivity index (χ1) is 6.61. The van der Waals surface area contributed by atoms with E-state index in [1.54, 1.807) is 7.05 Å². The topological polar surface area (TPSA) is 52.6 Å². The maximum Gasteiger partial charge on any atom is 0.236 e. The molecule has 1 heterocycles. The van der Waals surface area contributed by atoms with Crippen molar-refractivity contribution >= 4 is 5.91 Å². The third-order valence-corrected chi connectivity index (χ3v) is 3.24. The van der Waals surface area contributed by atoms with Gasteiger partial charge in [-0.2, -0.15) is 0 Å². The van der Waals surface area contributed by atoms with Crippen molar-refractivity contribution < 1.29 is 9.90 Å². The van der Waals surface area contributed by atoms with Gasteiger partial charge in [-0.3, -0.25) is 9.69 Å². The normalized spacial score (nSPS) is 30.3. The van der Waals surface area contributed by atoms with Crippen LogP contribution in [-0.4, -0.2) is 48.2 Å². The third-order valence-electron chi connectivity index (χ3n) is 3.24. The molecule has 0 spiro atoms. The van der Waals surface area contributed by atoms with E-state index in [0.29, 0.717) is 5.92 Å². The number of nitrogens with one attached hydrogen (secondary N) is 1. The molecule has 14 heavy (non-hydrogen) atoms. The zero-order valence-corrected chi connectivity index (χ0v) is 9.16. The molecule has 1 rings (SSSR count). The molecule has 0 aliphatic carbocycles. The van der Waals surface area contributed by atoms with Gasteiger partial charge in [0, 0.05) is 13.1 Å². The molecule has 0 bridgehead atoms. The average molecular weight is 200 g/mol. The molecule has 0 aromatic heterocycles. The van der Waals surface area contributed by atoms with Crippen molar-refractivity contribution in [2.24, 2.45) is 5.92 Å². The van der Waals surface area contributed by atoms with Crippen LogP contribution in [0.1, 0.15) is 20.3 Å². The van der Waals surface area contributed by atoms with Crippen molar-refractivity contribution in [3.05, 3.63) is 0 Å². The fourth-order valence-electron chi connectivity index (χ4n) is 2.16. The molecule has 0 saturated carbocycles. The predicted molar refractivity (Wildman–Crippen MR) is 54.9 cm³/mol. The Hall–Kier alpha value is -0.610. The zero-order valence-electron chi connectivity index (χ0n) is 9.16. The van der Waals surface area contributed by atoms with Crippen LogP contribution in [0.25, 0.3) is 0 Å². The number of aliphatic hydroxyl groups is 1. The van der Waals surface area contributed by atoms with Gasteiger partial charge in [0.2, 0.25) is 5.91 Å². The van der Waals surface area contributed by atoms with Gasteiger partial charge in [0.05, 0.1) is 12.6 Å². The van der Waals surface area contributed by atoms with Crippen molar-refractivity contribution in [1.29, 1.82) is 0 Å². The molecule has 1 aliphatic rings. The lowest BCUT2D eigenvalue weighted by Crippen LogP contribution is -2.48. The number of nitrogens with zero attached hydrogens (tertiary/aromatic N) is 1. The molecular formula is C10H20N2O2. The Morgan fingerprint density at radius 1 is 1.71 bits per heavy atom. The van der Waals surface area contributed by atoms with E-state index in [1.165, 1.54) is 0 Å². The van der Waals surface area contributed by atoms with Crippen LogP contribution < -0.4 is 5.32 Å². The highest BCUT2D eigenvalue weighted by atomic mass is 16.3. The van der Waals surface area contributed by atoms with Crippen molar-refractivity contribution in [2.45, 2.75) is 32.4 Å². The summed E-state index contributed by atoms with van der Waals surface area (Å²) in [5, 5.41) is 11.9. The standard InChI is InChI=1S/C10H20N2O2/c1-7-4-5-12(9(7)6-13)8(2)10(14)11-3/h7-9,13H,4-6H2,1-3H3,(H,11,14). The molecule has 0 radical (unpaired) electrons. The summed E-state index contributed by atoms with van der Waals surface area (Å²) in [5.41, 5.74) is 0. The summed E-state index contributed by atoms with van der Waals surface area (Å²) < 4.78 is 0. The monoisotopic (exact) mass is 200 g/mol. The highest BCUT2D eigenvalue weighted by Gasteiger charge is 2.35. The van der Waals surface area contributed by atoms with E-state index < -0.39 is 0 Å². The van der Waals surface area contributed by atoms with E-state index in [9.17, 15) is 9.90 Å². The minimum Gasteiger partial charge on any atom is -0.395 e. The van der Waals surface area contributed by atoms with Crippen LogP contribution in [-0.2, 0) is 4.79 Å². The molecule has 1 amide bonds. The highest BCUT2D eigenvalue weighted by Crippen LogP contribution is 2.25. The third kappa shape index (κ3) is 2.07. The van der Waals surface area contributed by atoms with Gasteiger partial charge in [0.1, 0.15) is 0 Å². The number of carbonyl (C=O) groups excluding carboxylic acids is 1. The molecule has 3 unspecified atom stereocenters. The fourth-order valence-corrected chi connectivity index (χ4v) is 2.16. The summed E-state index contributed by atoms with van der Waals surface area (Å²) >= 11 is 0. The van der Waals surface area contributed by atoms with Gasteiger partial charge in [-0.1, -0.05) is 6.92 Å². The summed E-state index contributed by atoms with van der Waals surface area (Å²) in [6, 6.07) is 0.00407. The molecule has 4 heteroatoms. The van der Waals surface area contributed by atoms with E-state index in [-0.39, 0.29) is 24.6 Å². The number of carbonyl (C=O) groups is 1. The second kappa shape index (κ2) is 4.75. The zero-order chi connectivity index (χ0) is 10.7. The molecule has 1 saturated heterocycles. The smallest absolute Gasteiger partial charge is 0.236 e. The molecule has 1 aliphatic heterocycles. The van der Waals surface area contributed by atoms with E-state index in [0.717, 1.165) is 13.0 Å². The molecule has 2 N–H and O–H groups in total. The van der Waals surface area contributed by atoms with Crippen LogP contribution >= 0.6 is 0 Å². The van der Waals surface area contributed by atoms with Gasteiger partial charge in [0.25, 0.3) is 0 Å². The lowest BCUT2D eigenvalue weighted by atomic mass is 10.0. The van der Waals surface area contributed by atoms with Gasteiger partial charge >= 0.3 is 0 Å². The Labute approximate surface area is 85.3 Å². The maximum absolute atomic E-state index is 11.4. The SMILES string of the molecule is CNC(=O)C(C)N1CCC(C)C1CO. The van der Waals surface area contributed by atoms with Gasteiger partial charge < -0.3 is 10.4 Å². The second-order valence-electron chi connectivity index (χ2n) is 4.04. The lowest BCUT2D eigenvalue weighted by molar-refractivity contribution is -0.126. The number of hydrogen-bond donors (Lipinski definition) is 2. The summed E-state index contributed by atoms with van der Waals surface area (Å²) in [5.74, 6) is 0.504. The predicted octanol–water partition coefficient (Wildman–Crippen LogP) is -0.176. The van der Waals surface area contributed by atoms with Crippen LogP contribution in [0.4, 0.5) is 0 Å². The summed E-state index contributed by atoms with van der Waals surface area (Å²) in [4.78, 5) is 13.5. The van der Waals surface area contributed by atoms with Gasteiger partial charge in [-0.05, 0) is 25.8 Å². The maximum atomic E-state index is 11.4. The number of likely N-dealkylation sites (N-methyl/N-ethyl adjacent to an activating group) is 1. The molecular weight excluding hydrogens is 180 g/mol. The minimum atomic E-state index is -0.137. The number of likely N-dealkylation sites (tertiary alicyclic amines) is 1. The van der Waals surface area contributed by atoms with Gasteiger partial charge in [0.15, 0.2) is 0 Å². The Morgan fingerprint density at radius 2 is 2.36 bits per heavy atom. The minimum absolute atomic E-state index is 0.0255. The van der Waals surface area contributed by atoms with Crippen molar-refractivity contribution in [2.75, 3.05) is 20.2 Å². The number of aliphatic hydroxyl groups excluding tert-OH is 1. The van der Waals surface area contributed by atoms with E-state index in [2.05, 4.69) is 17.1 Å². The molecule has 82 valence electrons. The van der Waals surface area contributed by atoms with Gasteiger partial charge in [-0.15, -0.1) is 0 Å². The molecule has 3 atom stereocenters. The van der Waals surface area contributed by atoms with E-state index in [1.807, 2.05) is 6.92 Å². The van der Waals surface area contributed by atoms with Crippen molar-refractivity contribution in [3.63, 3.8) is 0 Å². The van der Waals surface area contributed by atoms with Crippen molar-refractivity contribution in [3.8, 4) is 0 Å². The second-order valence-corrected chi connectivity index (χ2v) is 4.04. The first kappa shape index (κ1) is 11.5. The van der Waals surface area contributed by atoms with Crippen molar-refractivity contribution in [1.82, 2.24) is 10.2 Å². The summed E-state index contributed by atoms with van der Waals surface area (Å²) in [6.45, 7) is 5.06. The quantitative estimate of drug-likeness (QED) is 0.664. The Balaban J connectivity index is 2.63. The summed E-state index contributed by atoms with van der Waals surface area (Å²) in [7, 11) is 1.65. The average Bonchev–Trinajstić information content (AvgIpc) is 2.57. The molecule has 0 aromatic rings. The Morgan fingerprint density at radius 3 is 2.86 bits per heavy atom. The first-order valence-corrected chi connectivity index (χ1v) is 5.20. The Kier molecular flexibility index (Phi) is 3.89. The van der Waals surface area contributed by atoms with Crippen LogP contribution in [0.2, 0.25) is 0 Å². The number of amides is 1. The van der Waals surface area contributed by atoms with Crippen LogP contribution in [0.15, 0.2) is 0 Å². The van der Waals surface area contributed by atoms with Crippen LogP contribution in [0.5, 0.6) is 0 Å². The highest BCUT2D eigenvalue weighted by molar-refractivity contribution is 5.81. The first-order valence-electron chi connectivity index (χ1n) is 5.20.